The lowest BCUT2D eigenvalue weighted by Crippen LogP contribution is -2.43. The molecule has 0 aromatic rings. The van der Waals surface area contributed by atoms with Crippen LogP contribution >= 0.6 is 11.8 Å². The minimum atomic E-state index is 0.810. The third-order valence-corrected chi connectivity index (χ3v) is 3.75. The van der Waals surface area contributed by atoms with Crippen molar-refractivity contribution in [2.24, 2.45) is 0 Å². The summed E-state index contributed by atoms with van der Waals surface area (Å²) in [7, 11) is 0. The minimum absolute atomic E-state index is 0.810. The molecule has 14 heavy (non-hydrogen) atoms. The number of rotatable bonds is 5. The first kappa shape index (κ1) is 12.3. The van der Waals surface area contributed by atoms with E-state index in [0.29, 0.717) is 0 Å². The largest absolute Gasteiger partial charge is 0.315 e. The molecule has 2 nitrogen and oxygen atoms in total. The van der Waals surface area contributed by atoms with Gasteiger partial charge in [-0.25, -0.2) is 0 Å². The van der Waals surface area contributed by atoms with Crippen LogP contribution < -0.4 is 5.32 Å². The van der Waals surface area contributed by atoms with Gasteiger partial charge in [0.05, 0.1) is 0 Å². The normalized spacial score (nSPS) is 29.4. The molecule has 2 unspecified atom stereocenters. The van der Waals surface area contributed by atoms with E-state index in [-0.39, 0.29) is 0 Å². The van der Waals surface area contributed by atoms with Crippen molar-refractivity contribution in [1.82, 2.24) is 10.2 Å². The summed E-state index contributed by atoms with van der Waals surface area (Å²) in [4.78, 5) is 2.59. The molecule has 1 rings (SSSR count). The molecule has 1 aliphatic heterocycles. The highest BCUT2D eigenvalue weighted by Crippen LogP contribution is 2.23. The van der Waals surface area contributed by atoms with Gasteiger partial charge in [0, 0.05) is 36.7 Å². The summed E-state index contributed by atoms with van der Waals surface area (Å²) in [5, 5.41) is 5.08. The third-order valence-electron chi connectivity index (χ3n) is 2.53. The fourth-order valence-corrected chi connectivity index (χ4v) is 3.39. The summed E-state index contributed by atoms with van der Waals surface area (Å²) in [6, 6.07) is 0. The van der Waals surface area contributed by atoms with Crippen LogP contribution in [0, 0.1) is 0 Å². The van der Waals surface area contributed by atoms with Crippen LogP contribution in [-0.4, -0.2) is 48.1 Å². The third kappa shape index (κ3) is 4.67. The molecule has 1 N–H and O–H groups in total. The van der Waals surface area contributed by atoms with E-state index in [1.54, 1.807) is 0 Å². The van der Waals surface area contributed by atoms with Crippen molar-refractivity contribution >= 4 is 11.8 Å². The standard InChI is InChI=1S/C11H24N2S/c1-4-5-12-6-7-13-8-10(2)14-11(3)9-13/h10-12H,4-9H2,1-3H3. The predicted octanol–water partition coefficient (Wildman–Crippen LogP) is 1.81. The van der Waals surface area contributed by atoms with E-state index in [4.69, 9.17) is 0 Å². The maximum Gasteiger partial charge on any atom is 0.0149 e. The molecule has 0 aromatic carbocycles. The van der Waals surface area contributed by atoms with E-state index < -0.39 is 0 Å². The maximum atomic E-state index is 3.46. The topological polar surface area (TPSA) is 15.3 Å². The summed E-state index contributed by atoms with van der Waals surface area (Å²) in [5.74, 6) is 0. The lowest BCUT2D eigenvalue weighted by molar-refractivity contribution is 0.270. The van der Waals surface area contributed by atoms with Gasteiger partial charge >= 0.3 is 0 Å². The van der Waals surface area contributed by atoms with Gasteiger partial charge in [-0.05, 0) is 13.0 Å². The molecule has 84 valence electrons. The van der Waals surface area contributed by atoms with E-state index in [0.717, 1.165) is 23.6 Å². The Balaban J connectivity index is 2.10. The fourth-order valence-electron chi connectivity index (χ4n) is 2.01. The Morgan fingerprint density at radius 2 is 1.86 bits per heavy atom. The van der Waals surface area contributed by atoms with E-state index in [1.807, 2.05) is 0 Å². The molecule has 1 saturated heterocycles. The number of hydrogen-bond acceptors (Lipinski definition) is 3. The lowest BCUT2D eigenvalue weighted by atomic mass is 10.3. The maximum absolute atomic E-state index is 3.46. The molecule has 0 bridgehead atoms. The van der Waals surface area contributed by atoms with Crippen LogP contribution in [0.2, 0.25) is 0 Å². The summed E-state index contributed by atoms with van der Waals surface area (Å²) < 4.78 is 0. The second-order valence-corrected chi connectivity index (χ2v) is 6.15. The second kappa shape index (κ2) is 6.70. The molecule has 0 spiro atoms. The Morgan fingerprint density at radius 1 is 1.21 bits per heavy atom. The van der Waals surface area contributed by atoms with Crippen molar-refractivity contribution in [3.63, 3.8) is 0 Å². The summed E-state index contributed by atoms with van der Waals surface area (Å²) >= 11 is 2.13. The van der Waals surface area contributed by atoms with E-state index >= 15 is 0 Å². The van der Waals surface area contributed by atoms with Gasteiger partial charge in [0.1, 0.15) is 0 Å². The lowest BCUT2D eigenvalue weighted by Gasteiger charge is -2.34. The van der Waals surface area contributed by atoms with Crippen LogP contribution in [0.15, 0.2) is 0 Å². The molecule has 1 aliphatic rings. The summed E-state index contributed by atoms with van der Waals surface area (Å²) in [6.45, 7) is 13.0. The predicted molar refractivity (Wildman–Crippen MR) is 66.1 cm³/mol. The Morgan fingerprint density at radius 3 is 2.43 bits per heavy atom. The molecule has 0 aromatic heterocycles. The molecule has 1 heterocycles. The van der Waals surface area contributed by atoms with Gasteiger partial charge in [0.25, 0.3) is 0 Å². The molecule has 2 atom stereocenters. The van der Waals surface area contributed by atoms with E-state index in [9.17, 15) is 0 Å². The monoisotopic (exact) mass is 216 g/mol. The average molecular weight is 216 g/mol. The van der Waals surface area contributed by atoms with Gasteiger partial charge in [-0.3, -0.25) is 4.90 Å². The quantitative estimate of drug-likeness (QED) is 0.706. The number of hydrogen-bond donors (Lipinski definition) is 1. The molecule has 1 fully saturated rings. The average Bonchev–Trinajstić information content (AvgIpc) is 2.11. The SMILES string of the molecule is CCCNCCN1CC(C)SC(C)C1. The Bertz CT molecular complexity index is 142. The van der Waals surface area contributed by atoms with Crippen molar-refractivity contribution in [2.45, 2.75) is 37.7 Å². The van der Waals surface area contributed by atoms with Crippen molar-refractivity contribution < 1.29 is 0 Å². The number of thioether (sulfide) groups is 1. The van der Waals surface area contributed by atoms with Gasteiger partial charge in [-0.1, -0.05) is 20.8 Å². The molecule has 0 saturated carbocycles. The molecular weight excluding hydrogens is 192 g/mol. The van der Waals surface area contributed by atoms with Gasteiger partial charge in [-0.2, -0.15) is 11.8 Å². The van der Waals surface area contributed by atoms with Crippen LogP contribution in [0.1, 0.15) is 27.2 Å². The van der Waals surface area contributed by atoms with Crippen molar-refractivity contribution in [1.29, 1.82) is 0 Å². The number of nitrogens with zero attached hydrogens (tertiary/aromatic N) is 1. The molecule has 0 aliphatic carbocycles. The van der Waals surface area contributed by atoms with Crippen LogP contribution in [0.4, 0.5) is 0 Å². The summed E-state index contributed by atoms with van der Waals surface area (Å²) in [5.41, 5.74) is 0. The summed E-state index contributed by atoms with van der Waals surface area (Å²) in [6.07, 6.45) is 1.24. The zero-order valence-corrected chi connectivity index (χ0v) is 10.6. The van der Waals surface area contributed by atoms with E-state index in [1.165, 1.54) is 26.1 Å². The Hall–Kier alpha value is 0.270. The van der Waals surface area contributed by atoms with Crippen LogP contribution in [0.25, 0.3) is 0 Å². The molecular formula is C11H24N2S. The van der Waals surface area contributed by atoms with Crippen LogP contribution in [-0.2, 0) is 0 Å². The van der Waals surface area contributed by atoms with Gasteiger partial charge < -0.3 is 5.32 Å². The zero-order valence-electron chi connectivity index (χ0n) is 9.75. The number of nitrogens with one attached hydrogen (secondary N) is 1. The molecule has 0 amide bonds. The molecule has 0 radical (unpaired) electrons. The first-order valence-electron chi connectivity index (χ1n) is 5.81. The van der Waals surface area contributed by atoms with Crippen molar-refractivity contribution in [3.05, 3.63) is 0 Å². The fraction of sp³-hybridized carbons (Fsp3) is 1.00. The van der Waals surface area contributed by atoms with Gasteiger partial charge in [0.15, 0.2) is 0 Å². The van der Waals surface area contributed by atoms with E-state index in [2.05, 4.69) is 42.7 Å². The first-order valence-corrected chi connectivity index (χ1v) is 6.75. The smallest absolute Gasteiger partial charge is 0.0149 e. The van der Waals surface area contributed by atoms with Crippen molar-refractivity contribution in [3.8, 4) is 0 Å². The minimum Gasteiger partial charge on any atom is -0.315 e. The van der Waals surface area contributed by atoms with Gasteiger partial charge in [-0.15, -0.1) is 0 Å². The second-order valence-electron chi connectivity index (χ2n) is 4.27. The van der Waals surface area contributed by atoms with Crippen LogP contribution in [0.3, 0.4) is 0 Å². The Labute approximate surface area is 92.8 Å². The highest BCUT2D eigenvalue weighted by atomic mass is 32.2. The van der Waals surface area contributed by atoms with Gasteiger partial charge in [0.2, 0.25) is 0 Å². The highest BCUT2D eigenvalue weighted by Gasteiger charge is 2.21. The highest BCUT2D eigenvalue weighted by molar-refractivity contribution is 8.00. The van der Waals surface area contributed by atoms with Crippen LogP contribution in [0.5, 0.6) is 0 Å². The van der Waals surface area contributed by atoms with Crippen molar-refractivity contribution in [2.75, 3.05) is 32.7 Å². The Kier molecular flexibility index (Phi) is 5.90. The molecule has 3 heteroatoms. The zero-order chi connectivity index (χ0) is 10.4. The first-order chi connectivity index (χ1) is 6.72.